The monoisotopic (exact) mass is 296 g/mol. The smallest absolute Gasteiger partial charge is 0.241 e. The van der Waals surface area contributed by atoms with Gasteiger partial charge in [0.1, 0.15) is 0 Å². The number of hydrogen-bond acceptors (Lipinski definition) is 3. The zero-order valence-corrected chi connectivity index (χ0v) is 13.5. The Morgan fingerprint density at radius 3 is 2.55 bits per heavy atom. The molecule has 2 rings (SSSR count). The van der Waals surface area contributed by atoms with Gasteiger partial charge in [-0.15, -0.1) is 0 Å². The second-order valence-corrected chi connectivity index (χ2v) is 7.38. The lowest BCUT2D eigenvalue weighted by Crippen LogP contribution is -2.28. The Bertz CT molecular complexity index is 596. The van der Waals surface area contributed by atoms with Crippen molar-refractivity contribution in [2.45, 2.75) is 51.1 Å². The first-order chi connectivity index (χ1) is 9.39. The highest BCUT2D eigenvalue weighted by Crippen LogP contribution is 2.35. The molecule has 1 aliphatic carbocycles. The van der Waals surface area contributed by atoms with Gasteiger partial charge in [0.15, 0.2) is 0 Å². The molecule has 0 radical (unpaired) electrons. The molecule has 0 aliphatic heterocycles. The van der Waals surface area contributed by atoms with Crippen molar-refractivity contribution in [2.75, 3.05) is 7.05 Å². The molecule has 4 nitrogen and oxygen atoms in total. The predicted octanol–water partition coefficient (Wildman–Crippen LogP) is 2.10. The van der Waals surface area contributed by atoms with Crippen LogP contribution >= 0.6 is 0 Å². The van der Waals surface area contributed by atoms with Gasteiger partial charge in [-0.25, -0.2) is 13.1 Å². The lowest BCUT2D eigenvalue weighted by atomic mass is 10.1. The molecule has 1 aromatic carbocycles. The van der Waals surface area contributed by atoms with Crippen molar-refractivity contribution < 1.29 is 8.42 Å². The summed E-state index contributed by atoms with van der Waals surface area (Å²) in [5, 5.41) is 3.06. The summed E-state index contributed by atoms with van der Waals surface area (Å²) in [5.74, 6) is 0.506. The standard InChI is InChI=1S/C15H24N2O2S/c1-5-13-8-14(13)17-20(18,19)15-7-12(9-16-4)6-10(2)11(15)3/h6-7,13-14,16-17H,5,8-9H2,1-4H3. The van der Waals surface area contributed by atoms with E-state index in [0.29, 0.717) is 17.4 Å². The first-order valence-corrected chi connectivity index (χ1v) is 8.64. The molecule has 0 saturated heterocycles. The molecular formula is C15H24N2O2S. The van der Waals surface area contributed by atoms with Crippen LogP contribution in [0.25, 0.3) is 0 Å². The number of sulfonamides is 1. The van der Waals surface area contributed by atoms with Crippen molar-refractivity contribution >= 4 is 10.0 Å². The molecule has 112 valence electrons. The van der Waals surface area contributed by atoms with Crippen LogP contribution in [-0.4, -0.2) is 21.5 Å². The minimum absolute atomic E-state index is 0.123. The van der Waals surface area contributed by atoms with E-state index in [4.69, 9.17) is 0 Å². The number of aryl methyl sites for hydroxylation is 1. The number of rotatable bonds is 6. The van der Waals surface area contributed by atoms with Crippen LogP contribution in [0.2, 0.25) is 0 Å². The Hall–Kier alpha value is -0.910. The van der Waals surface area contributed by atoms with E-state index in [1.54, 1.807) is 6.07 Å². The van der Waals surface area contributed by atoms with Gasteiger partial charge >= 0.3 is 0 Å². The average Bonchev–Trinajstić information content (AvgIpc) is 3.11. The lowest BCUT2D eigenvalue weighted by molar-refractivity contribution is 0.575. The third-order valence-corrected chi connectivity index (χ3v) is 5.72. The van der Waals surface area contributed by atoms with Gasteiger partial charge in [-0.1, -0.05) is 19.4 Å². The van der Waals surface area contributed by atoms with Crippen molar-refractivity contribution in [3.8, 4) is 0 Å². The molecular weight excluding hydrogens is 272 g/mol. The minimum Gasteiger partial charge on any atom is -0.316 e. The maximum Gasteiger partial charge on any atom is 0.241 e. The molecule has 1 aromatic rings. The second kappa shape index (κ2) is 5.84. The SMILES string of the molecule is CCC1CC1NS(=O)(=O)c1cc(CNC)cc(C)c1C. The molecule has 5 heteroatoms. The quantitative estimate of drug-likeness (QED) is 0.845. The van der Waals surface area contributed by atoms with E-state index in [0.717, 1.165) is 29.5 Å². The van der Waals surface area contributed by atoms with Gasteiger partial charge in [-0.05, 0) is 56.0 Å². The van der Waals surface area contributed by atoms with Crippen LogP contribution in [0.15, 0.2) is 17.0 Å². The molecule has 1 saturated carbocycles. The summed E-state index contributed by atoms with van der Waals surface area (Å²) in [4.78, 5) is 0.421. The predicted molar refractivity (Wildman–Crippen MR) is 81.2 cm³/mol. The van der Waals surface area contributed by atoms with Crippen molar-refractivity contribution in [3.05, 3.63) is 28.8 Å². The van der Waals surface area contributed by atoms with Crippen LogP contribution in [0, 0.1) is 19.8 Å². The Balaban J connectivity index is 2.30. The highest BCUT2D eigenvalue weighted by atomic mass is 32.2. The van der Waals surface area contributed by atoms with Gasteiger partial charge in [-0.2, -0.15) is 0 Å². The molecule has 1 fully saturated rings. The van der Waals surface area contributed by atoms with E-state index in [2.05, 4.69) is 17.0 Å². The lowest BCUT2D eigenvalue weighted by Gasteiger charge is -2.13. The normalized spacial score (nSPS) is 22.0. The summed E-state index contributed by atoms with van der Waals surface area (Å²) < 4.78 is 27.9. The van der Waals surface area contributed by atoms with Crippen LogP contribution < -0.4 is 10.0 Å². The van der Waals surface area contributed by atoms with E-state index in [1.165, 1.54) is 0 Å². The Morgan fingerprint density at radius 2 is 2.00 bits per heavy atom. The molecule has 0 spiro atoms. The van der Waals surface area contributed by atoms with Gasteiger partial charge in [0.25, 0.3) is 0 Å². The highest BCUT2D eigenvalue weighted by molar-refractivity contribution is 7.89. The van der Waals surface area contributed by atoms with Crippen molar-refractivity contribution in [3.63, 3.8) is 0 Å². The fourth-order valence-corrected chi connectivity index (χ4v) is 4.27. The molecule has 2 unspecified atom stereocenters. The van der Waals surface area contributed by atoms with Gasteiger partial charge in [-0.3, -0.25) is 0 Å². The van der Waals surface area contributed by atoms with E-state index < -0.39 is 10.0 Å². The third-order valence-electron chi connectivity index (χ3n) is 4.10. The zero-order chi connectivity index (χ0) is 14.9. The Labute approximate surface area is 122 Å². The first-order valence-electron chi connectivity index (χ1n) is 7.16. The highest BCUT2D eigenvalue weighted by Gasteiger charge is 2.39. The summed E-state index contributed by atoms with van der Waals surface area (Å²) in [7, 11) is -1.55. The third kappa shape index (κ3) is 3.22. The molecule has 1 aliphatic rings. The molecule has 2 atom stereocenters. The fraction of sp³-hybridized carbons (Fsp3) is 0.600. The fourth-order valence-electron chi connectivity index (χ4n) is 2.59. The average molecular weight is 296 g/mol. The largest absolute Gasteiger partial charge is 0.316 e. The number of benzene rings is 1. The van der Waals surface area contributed by atoms with Crippen LogP contribution in [0.4, 0.5) is 0 Å². The maximum atomic E-state index is 12.5. The van der Waals surface area contributed by atoms with E-state index in [1.807, 2.05) is 27.0 Å². The summed E-state index contributed by atoms with van der Waals surface area (Å²) >= 11 is 0. The van der Waals surface area contributed by atoms with Crippen LogP contribution in [0.3, 0.4) is 0 Å². The van der Waals surface area contributed by atoms with Crippen molar-refractivity contribution in [1.82, 2.24) is 10.0 Å². The van der Waals surface area contributed by atoms with Crippen molar-refractivity contribution in [1.29, 1.82) is 0 Å². The van der Waals surface area contributed by atoms with E-state index >= 15 is 0 Å². The van der Waals surface area contributed by atoms with Gasteiger partial charge < -0.3 is 5.32 Å². The zero-order valence-electron chi connectivity index (χ0n) is 12.7. The molecule has 0 aromatic heterocycles. The topological polar surface area (TPSA) is 58.2 Å². The summed E-state index contributed by atoms with van der Waals surface area (Å²) in [5.41, 5.74) is 2.85. The second-order valence-electron chi connectivity index (χ2n) is 5.70. The van der Waals surface area contributed by atoms with Gasteiger partial charge in [0.05, 0.1) is 4.90 Å². The molecule has 2 N–H and O–H groups in total. The van der Waals surface area contributed by atoms with E-state index in [-0.39, 0.29) is 6.04 Å². The van der Waals surface area contributed by atoms with Crippen LogP contribution in [-0.2, 0) is 16.6 Å². The number of nitrogens with one attached hydrogen (secondary N) is 2. The Morgan fingerprint density at radius 1 is 1.30 bits per heavy atom. The number of hydrogen-bond donors (Lipinski definition) is 2. The van der Waals surface area contributed by atoms with E-state index in [9.17, 15) is 8.42 Å². The van der Waals surface area contributed by atoms with Crippen LogP contribution in [0.1, 0.15) is 36.5 Å². The maximum absolute atomic E-state index is 12.5. The first kappa shape index (κ1) is 15.5. The van der Waals surface area contributed by atoms with Crippen molar-refractivity contribution in [2.24, 2.45) is 5.92 Å². The summed E-state index contributed by atoms with van der Waals surface area (Å²) in [6.45, 7) is 6.60. The summed E-state index contributed by atoms with van der Waals surface area (Å²) in [6.07, 6.45) is 1.99. The summed E-state index contributed by atoms with van der Waals surface area (Å²) in [6, 6.07) is 3.94. The van der Waals surface area contributed by atoms with Crippen LogP contribution in [0.5, 0.6) is 0 Å². The molecule has 0 heterocycles. The molecule has 20 heavy (non-hydrogen) atoms. The molecule has 0 amide bonds. The minimum atomic E-state index is -3.41. The Kier molecular flexibility index (Phi) is 4.52. The molecule has 0 bridgehead atoms. The van der Waals surface area contributed by atoms with Gasteiger partial charge in [0.2, 0.25) is 10.0 Å². The van der Waals surface area contributed by atoms with Gasteiger partial charge in [0, 0.05) is 12.6 Å².